The van der Waals surface area contributed by atoms with E-state index in [1.165, 1.54) is 0 Å². The Balaban J connectivity index is 1.85. The van der Waals surface area contributed by atoms with E-state index >= 15 is 0 Å². The first-order chi connectivity index (χ1) is 11.8. The molecule has 0 spiro atoms. The lowest BCUT2D eigenvalue weighted by Crippen LogP contribution is -2.09. The molecular formula is C17H15N5OS. The van der Waals surface area contributed by atoms with Crippen LogP contribution >= 0.6 is 11.8 Å². The molecule has 0 bridgehead atoms. The number of nitroso groups, excluding NO2 is 1. The molecule has 3 aromatic rings. The summed E-state index contributed by atoms with van der Waals surface area (Å²) in [6, 6.07) is 14.6. The topological polar surface area (TPSA) is 85.6 Å². The Kier molecular flexibility index (Phi) is 3.78. The van der Waals surface area contributed by atoms with E-state index in [4.69, 9.17) is 5.73 Å². The molecule has 2 N–H and O–H groups in total. The number of nitrogens with zero attached hydrogens (tertiary/aromatic N) is 4. The Morgan fingerprint density at radius 3 is 2.71 bits per heavy atom. The number of nitrogens with two attached hydrogens (primary N) is 1. The van der Waals surface area contributed by atoms with E-state index in [0.29, 0.717) is 5.95 Å². The Hall–Kier alpha value is -2.67. The highest BCUT2D eigenvalue weighted by Gasteiger charge is 2.20. The first-order valence-electron chi connectivity index (χ1n) is 7.61. The molecule has 1 unspecified atom stereocenters. The van der Waals surface area contributed by atoms with Crippen LogP contribution in [0.5, 0.6) is 0 Å². The molecule has 0 saturated heterocycles. The van der Waals surface area contributed by atoms with Gasteiger partial charge in [0.05, 0.1) is 17.6 Å². The summed E-state index contributed by atoms with van der Waals surface area (Å²) in [7, 11) is 0. The maximum atomic E-state index is 11.5. The van der Waals surface area contributed by atoms with Crippen molar-refractivity contribution in [2.24, 2.45) is 10.2 Å². The van der Waals surface area contributed by atoms with Crippen LogP contribution in [-0.2, 0) is 0 Å². The van der Waals surface area contributed by atoms with E-state index in [1.54, 1.807) is 11.8 Å². The van der Waals surface area contributed by atoms with Crippen molar-refractivity contribution in [3.8, 4) is 0 Å². The molecule has 1 aliphatic rings. The Morgan fingerprint density at radius 2 is 2.00 bits per heavy atom. The maximum Gasteiger partial charge on any atom is 0.207 e. The molecule has 1 aliphatic heterocycles. The average Bonchev–Trinajstić information content (AvgIpc) is 3.23. The lowest BCUT2D eigenvalue weighted by Gasteiger charge is -2.11. The van der Waals surface area contributed by atoms with Crippen LogP contribution in [0.2, 0.25) is 0 Å². The quantitative estimate of drug-likeness (QED) is 0.742. The molecule has 0 saturated carbocycles. The highest BCUT2D eigenvalue weighted by Crippen LogP contribution is 2.30. The second kappa shape index (κ2) is 6.09. The molecule has 0 aliphatic carbocycles. The Labute approximate surface area is 142 Å². The molecule has 2 heterocycles. The molecule has 1 aromatic heterocycles. The lowest BCUT2D eigenvalue weighted by atomic mass is 9.99. The molecule has 120 valence electrons. The second-order valence-corrected chi connectivity index (χ2v) is 6.55. The number of anilines is 1. The number of thioether (sulfide) groups is 1. The SMILES string of the molecule is Nc1nc2ccc(C(N=O)c3ccccc3)cc2n1C1=NCCS1. The van der Waals surface area contributed by atoms with Gasteiger partial charge < -0.3 is 5.73 Å². The van der Waals surface area contributed by atoms with Crippen LogP contribution in [-0.4, -0.2) is 27.0 Å². The van der Waals surface area contributed by atoms with Crippen molar-refractivity contribution in [3.63, 3.8) is 0 Å². The lowest BCUT2D eigenvalue weighted by molar-refractivity contribution is 0.865. The highest BCUT2D eigenvalue weighted by atomic mass is 32.2. The van der Waals surface area contributed by atoms with Crippen LogP contribution in [0, 0.1) is 4.91 Å². The van der Waals surface area contributed by atoms with Gasteiger partial charge in [-0.3, -0.25) is 9.56 Å². The van der Waals surface area contributed by atoms with E-state index in [-0.39, 0.29) is 0 Å². The van der Waals surface area contributed by atoms with Crippen molar-refractivity contribution in [1.29, 1.82) is 0 Å². The average molecular weight is 337 g/mol. The van der Waals surface area contributed by atoms with Crippen LogP contribution in [0.15, 0.2) is 58.7 Å². The zero-order valence-corrected chi connectivity index (χ0v) is 13.6. The fraction of sp³-hybridized carbons (Fsp3) is 0.176. The summed E-state index contributed by atoms with van der Waals surface area (Å²) in [5.41, 5.74) is 9.38. The smallest absolute Gasteiger partial charge is 0.207 e. The number of hydrogen-bond donors (Lipinski definition) is 1. The molecule has 2 aromatic carbocycles. The van der Waals surface area contributed by atoms with Gasteiger partial charge in [-0.15, -0.1) is 4.91 Å². The van der Waals surface area contributed by atoms with Gasteiger partial charge in [0.15, 0.2) is 5.17 Å². The number of imidazole rings is 1. The fourth-order valence-corrected chi connectivity index (χ4v) is 3.76. The first-order valence-corrected chi connectivity index (χ1v) is 8.59. The van der Waals surface area contributed by atoms with Crippen molar-refractivity contribution in [3.05, 3.63) is 64.6 Å². The standard InChI is InChI=1S/C17H15N5OS/c18-16-20-13-7-6-12(15(21-23)11-4-2-1-3-5-11)10-14(13)22(16)17-19-8-9-24-17/h1-7,10,15H,8-9H2,(H2,18,20). The molecule has 4 rings (SSSR count). The normalized spacial score (nSPS) is 15.4. The molecule has 0 fully saturated rings. The summed E-state index contributed by atoms with van der Waals surface area (Å²) in [6.07, 6.45) is 0. The number of aromatic nitrogens is 2. The van der Waals surface area contributed by atoms with Gasteiger partial charge in [0.25, 0.3) is 0 Å². The van der Waals surface area contributed by atoms with E-state index < -0.39 is 6.04 Å². The van der Waals surface area contributed by atoms with Crippen molar-refractivity contribution >= 4 is 33.9 Å². The van der Waals surface area contributed by atoms with Gasteiger partial charge in [0.1, 0.15) is 6.04 Å². The van der Waals surface area contributed by atoms with E-state index in [1.807, 2.05) is 53.1 Å². The first kappa shape index (κ1) is 14.9. The van der Waals surface area contributed by atoms with Gasteiger partial charge >= 0.3 is 0 Å². The third-order valence-corrected chi connectivity index (χ3v) is 4.96. The Morgan fingerprint density at radius 1 is 1.17 bits per heavy atom. The number of fused-ring (bicyclic) bond motifs is 1. The largest absolute Gasteiger partial charge is 0.369 e. The highest BCUT2D eigenvalue weighted by molar-refractivity contribution is 8.14. The molecular weight excluding hydrogens is 322 g/mol. The maximum absolute atomic E-state index is 11.5. The number of rotatable bonds is 3. The van der Waals surface area contributed by atoms with Gasteiger partial charge in [-0.05, 0) is 23.3 Å². The molecule has 0 amide bonds. The number of hydrogen-bond acceptors (Lipinski definition) is 6. The summed E-state index contributed by atoms with van der Waals surface area (Å²) >= 11 is 1.65. The van der Waals surface area contributed by atoms with E-state index in [2.05, 4.69) is 15.2 Å². The van der Waals surface area contributed by atoms with E-state index in [9.17, 15) is 4.91 Å². The molecule has 6 nitrogen and oxygen atoms in total. The van der Waals surface area contributed by atoms with Crippen LogP contribution in [0.1, 0.15) is 17.2 Å². The minimum absolute atomic E-state index is 0.408. The summed E-state index contributed by atoms with van der Waals surface area (Å²) < 4.78 is 1.85. The zero-order chi connectivity index (χ0) is 16.5. The zero-order valence-electron chi connectivity index (χ0n) is 12.8. The van der Waals surface area contributed by atoms with E-state index in [0.717, 1.165) is 39.6 Å². The minimum atomic E-state index is -0.557. The van der Waals surface area contributed by atoms with Gasteiger partial charge in [-0.25, -0.2) is 4.98 Å². The van der Waals surface area contributed by atoms with Gasteiger partial charge in [0.2, 0.25) is 5.95 Å². The molecule has 0 radical (unpaired) electrons. The summed E-state index contributed by atoms with van der Waals surface area (Å²) in [4.78, 5) is 20.3. The van der Waals surface area contributed by atoms with Gasteiger partial charge in [-0.2, -0.15) is 0 Å². The second-order valence-electron chi connectivity index (χ2n) is 5.48. The van der Waals surface area contributed by atoms with Crippen molar-refractivity contribution in [1.82, 2.24) is 9.55 Å². The van der Waals surface area contributed by atoms with Crippen molar-refractivity contribution in [2.75, 3.05) is 18.0 Å². The predicted molar refractivity (Wildman–Crippen MR) is 98.4 cm³/mol. The molecule has 7 heteroatoms. The van der Waals surface area contributed by atoms with Crippen molar-refractivity contribution in [2.45, 2.75) is 6.04 Å². The predicted octanol–water partition coefficient (Wildman–Crippen LogP) is 3.43. The summed E-state index contributed by atoms with van der Waals surface area (Å²) in [5, 5.41) is 4.17. The number of benzene rings is 2. The summed E-state index contributed by atoms with van der Waals surface area (Å²) in [5.74, 6) is 1.35. The molecule has 1 atom stereocenters. The molecule has 24 heavy (non-hydrogen) atoms. The van der Waals surface area contributed by atoms with Crippen LogP contribution in [0.25, 0.3) is 11.0 Å². The number of nitrogen functional groups attached to an aromatic ring is 1. The van der Waals surface area contributed by atoms with Crippen molar-refractivity contribution < 1.29 is 0 Å². The summed E-state index contributed by atoms with van der Waals surface area (Å²) in [6.45, 7) is 0.779. The Bertz CT molecular complexity index is 935. The fourth-order valence-electron chi connectivity index (χ4n) is 2.89. The number of aliphatic imine (C=N–C) groups is 1. The van der Waals surface area contributed by atoms with Crippen LogP contribution in [0.4, 0.5) is 5.95 Å². The third-order valence-electron chi connectivity index (χ3n) is 4.00. The van der Waals surface area contributed by atoms with Crippen LogP contribution < -0.4 is 5.73 Å². The monoisotopic (exact) mass is 337 g/mol. The third kappa shape index (κ3) is 2.46. The minimum Gasteiger partial charge on any atom is -0.369 e. The van der Waals surface area contributed by atoms with Crippen LogP contribution in [0.3, 0.4) is 0 Å². The van der Waals surface area contributed by atoms with Gasteiger partial charge in [0, 0.05) is 5.75 Å². The van der Waals surface area contributed by atoms with Gasteiger partial charge in [-0.1, -0.05) is 53.3 Å².